The van der Waals surface area contributed by atoms with Crippen LogP contribution in [0.5, 0.6) is 0 Å². The van der Waals surface area contributed by atoms with E-state index in [4.69, 9.17) is 0 Å². The molecule has 0 saturated heterocycles. The molecule has 0 aromatic heterocycles. The fourth-order valence-electron chi connectivity index (χ4n) is 6.32. The van der Waals surface area contributed by atoms with Crippen molar-refractivity contribution < 1.29 is 0 Å². The molecule has 0 N–H and O–H groups in total. The van der Waals surface area contributed by atoms with E-state index >= 15 is 0 Å². The molecule has 0 fully saturated rings. The van der Waals surface area contributed by atoms with Gasteiger partial charge in [0.2, 0.25) is 0 Å². The van der Waals surface area contributed by atoms with Gasteiger partial charge in [-0.15, -0.1) is 0 Å². The van der Waals surface area contributed by atoms with Crippen LogP contribution in [0, 0.1) is 13.8 Å². The molecule has 2 aliphatic rings. The maximum absolute atomic E-state index is 2.43. The maximum atomic E-state index is 2.43. The zero-order chi connectivity index (χ0) is 22.2. The standard InChI is InChI=1S/C33H24/c1-21-16-18-31-28(19-21)24-10-4-3-9-23(24)27-17-15-22(2)20-32(27)33(31)29-13-7-5-11-25(29)26-12-6-8-14-30(26)33/h3-20H,1-2H3. The van der Waals surface area contributed by atoms with Gasteiger partial charge in [-0.25, -0.2) is 0 Å². The molecular formula is C33H24. The summed E-state index contributed by atoms with van der Waals surface area (Å²) in [4.78, 5) is 0. The Morgan fingerprint density at radius 1 is 0.364 bits per heavy atom. The SMILES string of the molecule is Cc1ccc2c(c1)-c1ccccc1-c1ccc(C)cc1C21c2ccccc2-c2ccccc21. The van der Waals surface area contributed by atoms with E-state index in [1.54, 1.807) is 0 Å². The summed E-state index contributed by atoms with van der Waals surface area (Å²) in [6.07, 6.45) is 0. The van der Waals surface area contributed by atoms with Gasteiger partial charge in [0.25, 0.3) is 0 Å². The topological polar surface area (TPSA) is 0 Å². The third-order valence-electron chi connectivity index (χ3n) is 7.62. The third kappa shape index (κ3) is 2.31. The molecule has 5 aromatic carbocycles. The fraction of sp³-hybridized carbons (Fsp3) is 0.0909. The Bertz CT molecular complexity index is 1540. The van der Waals surface area contributed by atoms with Gasteiger partial charge < -0.3 is 0 Å². The molecule has 0 atom stereocenters. The molecule has 5 aromatic rings. The zero-order valence-electron chi connectivity index (χ0n) is 18.9. The quantitative estimate of drug-likeness (QED) is 0.231. The predicted molar refractivity (Wildman–Crippen MR) is 138 cm³/mol. The molecule has 0 aliphatic heterocycles. The van der Waals surface area contributed by atoms with Crippen molar-refractivity contribution in [2.24, 2.45) is 0 Å². The van der Waals surface area contributed by atoms with Gasteiger partial charge in [0.05, 0.1) is 5.41 Å². The molecule has 0 unspecified atom stereocenters. The predicted octanol–water partition coefficient (Wildman–Crippen LogP) is 8.31. The molecule has 0 heterocycles. The number of fused-ring (bicyclic) bond motifs is 12. The van der Waals surface area contributed by atoms with Gasteiger partial charge in [-0.3, -0.25) is 0 Å². The summed E-state index contributed by atoms with van der Waals surface area (Å²) >= 11 is 0. The van der Waals surface area contributed by atoms with Gasteiger partial charge in [-0.2, -0.15) is 0 Å². The Labute approximate surface area is 195 Å². The van der Waals surface area contributed by atoms with Gasteiger partial charge in [0.15, 0.2) is 0 Å². The van der Waals surface area contributed by atoms with Crippen molar-refractivity contribution in [1.82, 2.24) is 0 Å². The van der Waals surface area contributed by atoms with Crippen LogP contribution in [0.3, 0.4) is 0 Å². The second-order valence-corrected chi connectivity index (χ2v) is 9.48. The van der Waals surface area contributed by atoms with Crippen molar-refractivity contribution in [3.8, 4) is 33.4 Å². The van der Waals surface area contributed by atoms with Gasteiger partial charge >= 0.3 is 0 Å². The molecule has 0 saturated carbocycles. The van der Waals surface area contributed by atoms with Crippen LogP contribution < -0.4 is 0 Å². The summed E-state index contributed by atoms with van der Waals surface area (Å²) in [6.45, 7) is 4.42. The first kappa shape index (κ1) is 18.7. The van der Waals surface area contributed by atoms with Crippen molar-refractivity contribution in [2.75, 3.05) is 0 Å². The van der Waals surface area contributed by atoms with Crippen LogP contribution >= 0.6 is 0 Å². The molecule has 2 aliphatic carbocycles. The number of hydrogen-bond acceptors (Lipinski definition) is 0. The fourth-order valence-corrected chi connectivity index (χ4v) is 6.32. The van der Waals surface area contributed by atoms with Crippen LogP contribution in [0.1, 0.15) is 33.4 Å². The summed E-state index contributed by atoms with van der Waals surface area (Å²) < 4.78 is 0. The highest BCUT2D eigenvalue weighted by Gasteiger charge is 2.49. The second kappa shape index (κ2) is 6.56. The highest BCUT2D eigenvalue weighted by Crippen LogP contribution is 2.61. The van der Waals surface area contributed by atoms with Crippen molar-refractivity contribution in [3.05, 3.63) is 143 Å². The lowest BCUT2D eigenvalue weighted by atomic mass is 9.65. The van der Waals surface area contributed by atoms with Gasteiger partial charge in [-0.05, 0) is 69.5 Å². The van der Waals surface area contributed by atoms with E-state index in [-0.39, 0.29) is 5.41 Å². The molecule has 33 heavy (non-hydrogen) atoms. The van der Waals surface area contributed by atoms with Crippen LogP contribution in [0.25, 0.3) is 33.4 Å². The van der Waals surface area contributed by atoms with E-state index in [2.05, 4.69) is 123 Å². The van der Waals surface area contributed by atoms with Crippen LogP contribution in [0.15, 0.2) is 109 Å². The summed E-state index contributed by atoms with van der Waals surface area (Å²) in [5, 5.41) is 0. The molecule has 0 bridgehead atoms. The minimum Gasteiger partial charge on any atom is -0.0619 e. The minimum absolute atomic E-state index is 0.351. The van der Waals surface area contributed by atoms with Crippen LogP contribution in [-0.2, 0) is 5.41 Å². The van der Waals surface area contributed by atoms with Crippen molar-refractivity contribution in [3.63, 3.8) is 0 Å². The van der Waals surface area contributed by atoms with Gasteiger partial charge in [-0.1, -0.05) is 120 Å². The van der Waals surface area contributed by atoms with E-state index in [0.29, 0.717) is 0 Å². The lowest BCUT2D eigenvalue weighted by Crippen LogP contribution is -2.29. The largest absolute Gasteiger partial charge is 0.0725 e. The average molecular weight is 421 g/mol. The van der Waals surface area contributed by atoms with E-state index in [1.807, 2.05) is 0 Å². The van der Waals surface area contributed by atoms with Crippen molar-refractivity contribution >= 4 is 0 Å². The van der Waals surface area contributed by atoms with Crippen molar-refractivity contribution in [1.29, 1.82) is 0 Å². The first-order valence-electron chi connectivity index (χ1n) is 11.7. The Hall–Kier alpha value is -3.90. The molecule has 7 rings (SSSR count). The van der Waals surface area contributed by atoms with Crippen LogP contribution in [0.2, 0.25) is 0 Å². The highest BCUT2D eigenvalue weighted by molar-refractivity contribution is 5.97. The Kier molecular flexibility index (Phi) is 3.71. The Morgan fingerprint density at radius 3 is 1.48 bits per heavy atom. The molecule has 0 amide bonds. The zero-order valence-corrected chi connectivity index (χ0v) is 18.9. The number of aryl methyl sites for hydroxylation is 2. The summed E-state index contributed by atoms with van der Waals surface area (Å²) in [5.41, 5.74) is 15.8. The lowest BCUT2D eigenvalue weighted by Gasteiger charge is -2.35. The minimum atomic E-state index is -0.351. The summed E-state index contributed by atoms with van der Waals surface area (Å²) in [6, 6.07) is 41.1. The van der Waals surface area contributed by atoms with Gasteiger partial charge in [0.1, 0.15) is 0 Å². The van der Waals surface area contributed by atoms with E-state index in [0.717, 1.165) is 0 Å². The number of hydrogen-bond donors (Lipinski definition) is 0. The van der Waals surface area contributed by atoms with E-state index in [9.17, 15) is 0 Å². The van der Waals surface area contributed by atoms with Gasteiger partial charge in [0, 0.05) is 0 Å². The molecule has 156 valence electrons. The first-order chi connectivity index (χ1) is 16.2. The molecule has 1 spiro atoms. The van der Waals surface area contributed by atoms with Crippen molar-refractivity contribution in [2.45, 2.75) is 19.3 Å². The number of benzene rings is 5. The monoisotopic (exact) mass is 420 g/mol. The smallest absolute Gasteiger partial charge is 0.0619 e. The maximum Gasteiger partial charge on any atom is 0.0725 e. The summed E-state index contributed by atoms with van der Waals surface area (Å²) in [5.74, 6) is 0. The molecule has 0 nitrogen and oxygen atoms in total. The molecular weight excluding hydrogens is 396 g/mol. The Morgan fingerprint density at radius 2 is 0.818 bits per heavy atom. The first-order valence-corrected chi connectivity index (χ1v) is 11.7. The second-order valence-electron chi connectivity index (χ2n) is 9.48. The normalized spacial score (nSPS) is 14.0. The summed E-state index contributed by atoms with van der Waals surface area (Å²) in [7, 11) is 0. The van der Waals surface area contributed by atoms with E-state index in [1.165, 1.54) is 66.8 Å². The average Bonchev–Trinajstić information content (AvgIpc) is 3.10. The van der Waals surface area contributed by atoms with Crippen LogP contribution in [-0.4, -0.2) is 0 Å². The third-order valence-corrected chi connectivity index (χ3v) is 7.62. The van der Waals surface area contributed by atoms with E-state index < -0.39 is 0 Å². The van der Waals surface area contributed by atoms with Crippen LogP contribution in [0.4, 0.5) is 0 Å². The highest BCUT2D eigenvalue weighted by atomic mass is 14.5. The molecule has 0 radical (unpaired) electrons. The Balaban J connectivity index is 1.79. The molecule has 0 heteroatoms. The lowest BCUT2D eigenvalue weighted by molar-refractivity contribution is 0.774. The number of rotatable bonds is 0.